The molecular weight excluding hydrogens is 529 g/mol. The van der Waals surface area contributed by atoms with E-state index in [-0.39, 0.29) is 31.2 Å². The summed E-state index contributed by atoms with van der Waals surface area (Å²) in [5.74, 6) is -1.95. The van der Waals surface area contributed by atoms with Crippen molar-refractivity contribution in [1.82, 2.24) is 20.3 Å². The number of nitrogens with one attached hydrogen (secondary N) is 3. The first-order valence-electron chi connectivity index (χ1n) is 12.4. The molecule has 0 aliphatic carbocycles. The molecule has 4 atom stereocenters. The van der Waals surface area contributed by atoms with Crippen LogP contribution >= 0.6 is 0 Å². The number of esters is 1. The Labute approximate surface area is 219 Å². The Morgan fingerprint density at radius 1 is 1.18 bits per heavy atom. The number of carbonyl (C=O) groups is 3. The lowest BCUT2D eigenvalue weighted by atomic mass is 9.95. The predicted octanol–water partition coefficient (Wildman–Crippen LogP) is 1.41. The minimum Gasteiger partial charge on any atom is -0.467 e. The average molecular weight is 563 g/mol. The highest BCUT2D eigenvalue weighted by Crippen LogP contribution is 2.31. The van der Waals surface area contributed by atoms with E-state index >= 15 is 0 Å². The molecule has 0 saturated carbocycles. The molecule has 2 aliphatic rings. The van der Waals surface area contributed by atoms with Crippen molar-refractivity contribution < 1.29 is 40.7 Å². The Kier molecular flexibility index (Phi) is 9.42. The number of rotatable bonds is 8. The van der Waals surface area contributed by atoms with Gasteiger partial charge in [0.05, 0.1) is 23.6 Å². The Morgan fingerprint density at radius 2 is 1.89 bits per heavy atom. The highest BCUT2D eigenvalue weighted by Gasteiger charge is 2.42. The van der Waals surface area contributed by atoms with Crippen molar-refractivity contribution in [2.45, 2.75) is 74.8 Å². The van der Waals surface area contributed by atoms with Crippen molar-refractivity contribution in [3.63, 3.8) is 0 Å². The van der Waals surface area contributed by atoms with E-state index in [2.05, 4.69) is 15.4 Å². The molecular formula is C24H33F3N4O6S. The highest BCUT2D eigenvalue weighted by molar-refractivity contribution is 7.89. The van der Waals surface area contributed by atoms with Crippen LogP contribution < -0.4 is 15.4 Å². The number of piperidine rings is 1. The van der Waals surface area contributed by atoms with E-state index in [0.717, 1.165) is 24.6 Å². The molecule has 10 nitrogen and oxygen atoms in total. The van der Waals surface area contributed by atoms with Crippen LogP contribution in [-0.4, -0.2) is 75.5 Å². The summed E-state index contributed by atoms with van der Waals surface area (Å²) >= 11 is 0. The predicted molar refractivity (Wildman–Crippen MR) is 130 cm³/mol. The number of alkyl halides is 3. The van der Waals surface area contributed by atoms with Gasteiger partial charge in [-0.1, -0.05) is 19.9 Å². The van der Waals surface area contributed by atoms with E-state index < -0.39 is 62.7 Å². The topological polar surface area (TPSA) is 134 Å². The van der Waals surface area contributed by atoms with Gasteiger partial charge in [-0.25, -0.2) is 17.9 Å². The standard InChI is InChI=1S/C24H33F3N4O6S/c1-14(2)20(23(34)37-3)29-21(32)19-13-16(9-11-31(19)22(33)18-8-5-10-28-18)30-38(35,36)17-7-4-6-15(12-17)24(25,26)27/h4,6-7,12,14,16,18-20,28,30H,5,8-11,13H2,1-3H3,(H,29,32)/t16-,18+,19-,20+/m0/s1. The summed E-state index contributed by atoms with van der Waals surface area (Å²) in [5.41, 5.74) is -1.11. The Hall–Kier alpha value is -2.71. The number of methoxy groups -OCH3 is 1. The van der Waals surface area contributed by atoms with Crippen molar-refractivity contribution in [3.8, 4) is 0 Å². The molecule has 3 N–H and O–H groups in total. The van der Waals surface area contributed by atoms with Gasteiger partial charge < -0.3 is 20.3 Å². The molecule has 0 bridgehead atoms. The zero-order chi connectivity index (χ0) is 28.3. The van der Waals surface area contributed by atoms with E-state index in [9.17, 15) is 36.0 Å². The van der Waals surface area contributed by atoms with Gasteiger partial charge in [-0.3, -0.25) is 9.59 Å². The molecule has 3 rings (SSSR count). The zero-order valence-electron chi connectivity index (χ0n) is 21.4. The van der Waals surface area contributed by atoms with Gasteiger partial charge in [0.2, 0.25) is 21.8 Å². The fourth-order valence-corrected chi connectivity index (χ4v) is 6.01. The molecule has 38 heavy (non-hydrogen) atoms. The minimum absolute atomic E-state index is 0.0371. The van der Waals surface area contributed by atoms with Crippen molar-refractivity contribution >= 4 is 27.8 Å². The van der Waals surface area contributed by atoms with Crippen LogP contribution in [0.5, 0.6) is 0 Å². The number of amides is 2. The lowest BCUT2D eigenvalue weighted by molar-refractivity contribution is -0.149. The molecule has 0 unspecified atom stereocenters. The van der Waals surface area contributed by atoms with Gasteiger partial charge in [0, 0.05) is 12.6 Å². The lowest BCUT2D eigenvalue weighted by Crippen LogP contribution is -2.61. The van der Waals surface area contributed by atoms with Gasteiger partial charge in [-0.05, 0) is 56.3 Å². The number of sulfonamides is 1. The van der Waals surface area contributed by atoms with E-state index in [4.69, 9.17) is 4.74 Å². The molecule has 0 radical (unpaired) electrons. The van der Waals surface area contributed by atoms with Crippen LogP contribution in [0.4, 0.5) is 13.2 Å². The van der Waals surface area contributed by atoms with Crippen molar-refractivity contribution in [2.24, 2.45) is 5.92 Å². The number of hydrogen-bond acceptors (Lipinski definition) is 7. The summed E-state index contributed by atoms with van der Waals surface area (Å²) in [6.07, 6.45) is -3.33. The third-order valence-corrected chi connectivity index (χ3v) is 8.28. The molecule has 1 aromatic carbocycles. The van der Waals surface area contributed by atoms with Crippen LogP contribution in [0.25, 0.3) is 0 Å². The average Bonchev–Trinajstić information content (AvgIpc) is 3.40. The van der Waals surface area contributed by atoms with Crippen molar-refractivity contribution in [1.29, 1.82) is 0 Å². The van der Waals surface area contributed by atoms with Crippen LogP contribution in [0.1, 0.15) is 45.1 Å². The Balaban J connectivity index is 1.83. The number of ether oxygens (including phenoxy) is 1. The number of carbonyl (C=O) groups excluding carboxylic acids is 3. The minimum atomic E-state index is -4.72. The highest BCUT2D eigenvalue weighted by atomic mass is 32.2. The maximum atomic E-state index is 13.4. The second kappa shape index (κ2) is 12.0. The summed E-state index contributed by atoms with van der Waals surface area (Å²) in [6.45, 7) is 4.11. The quantitative estimate of drug-likeness (QED) is 0.408. The molecule has 212 valence electrons. The smallest absolute Gasteiger partial charge is 0.416 e. The van der Waals surface area contributed by atoms with E-state index in [0.29, 0.717) is 19.0 Å². The van der Waals surface area contributed by atoms with Gasteiger partial charge >= 0.3 is 12.1 Å². The molecule has 2 amide bonds. The second-order valence-electron chi connectivity index (χ2n) is 9.82. The second-order valence-corrected chi connectivity index (χ2v) is 11.5. The third kappa shape index (κ3) is 7.03. The van der Waals surface area contributed by atoms with E-state index in [1.807, 2.05) is 0 Å². The van der Waals surface area contributed by atoms with Crippen LogP contribution in [0.2, 0.25) is 0 Å². The maximum absolute atomic E-state index is 13.4. The monoisotopic (exact) mass is 562 g/mol. The first-order valence-corrected chi connectivity index (χ1v) is 13.8. The van der Waals surface area contributed by atoms with Crippen LogP contribution in [-0.2, 0) is 35.3 Å². The first kappa shape index (κ1) is 29.8. The zero-order valence-corrected chi connectivity index (χ0v) is 22.2. The summed E-state index contributed by atoms with van der Waals surface area (Å²) in [7, 11) is -3.19. The summed E-state index contributed by atoms with van der Waals surface area (Å²) in [5, 5.41) is 5.71. The number of hydrogen-bond donors (Lipinski definition) is 3. The number of nitrogens with zero attached hydrogens (tertiary/aromatic N) is 1. The molecule has 0 aromatic heterocycles. The molecule has 2 fully saturated rings. The number of halogens is 3. The normalized spacial score (nSPS) is 23.2. The van der Waals surface area contributed by atoms with Gasteiger partial charge in [0.15, 0.2) is 0 Å². The van der Waals surface area contributed by atoms with E-state index in [1.54, 1.807) is 13.8 Å². The summed E-state index contributed by atoms with van der Waals surface area (Å²) in [6, 6.07) is -0.0623. The van der Waals surface area contributed by atoms with Crippen LogP contribution in [0.3, 0.4) is 0 Å². The summed E-state index contributed by atoms with van der Waals surface area (Å²) < 4.78 is 72.4. The fraction of sp³-hybridized carbons (Fsp3) is 0.625. The third-order valence-electron chi connectivity index (χ3n) is 6.76. The molecule has 0 spiro atoms. The van der Waals surface area contributed by atoms with Crippen molar-refractivity contribution in [2.75, 3.05) is 20.2 Å². The molecule has 2 saturated heterocycles. The Bertz CT molecular complexity index is 1140. The molecule has 1 aromatic rings. The molecule has 2 aliphatic heterocycles. The largest absolute Gasteiger partial charge is 0.467 e. The number of benzene rings is 1. The van der Waals surface area contributed by atoms with Gasteiger partial charge in [0.1, 0.15) is 12.1 Å². The number of likely N-dealkylation sites (tertiary alicyclic amines) is 1. The fourth-order valence-electron chi connectivity index (χ4n) is 4.68. The van der Waals surface area contributed by atoms with E-state index in [1.165, 1.54) is 12.0 Å². The molecule has 14 heteroatoms. The SMILES string of the molecule is COC(=O)[C@H](NC(=O)[C@@H]1C[C@@H](NS(=O)(=O)c2cccc(C(F)(F)F)c2)CCN1C(=O)[C@H]1CCCN1)C(C)C. The van der Waals surface area contributed by atoms with Gasteiger partial charge in [-0.2, -0.15) is 13.2 Å². The lowest BCUT2D eigenvalue weighted by Gasteiger charge is -2.40. The Morgan fingerprint density at radius 3 is 2.47 bits per heavy atom. The van der Waals surface area contributed by atoms with Crippen LogP contribution in [0, 0.1) is 5.92 Å². The van der Waals surface area contributed by atoms with Gasteiger partial charge in [0.25, 0.3) is 0 Å². The molecule has 2 heterocycles. The van der Waals surface area contributed by atoms with Gasteiger partial charge in [-0.15, -0.1) is 0 Å². The van der Waals surface area contributed by atoms with Crippen LogP contribution in [0.15, 0.2) is 29.2 Å². The summed E-state index contributed by atoms with van der Waals surface area (Å²) in [4.78, 5) is 39.6. The van der Waals surface area contributed by atoms with Crippen molar-refractivity contribution in [3.05, 3.63) is 29.8 Å². The maximum Gasteiger partial charge on any atom is 0.416 e. The first-order chi connectivity index (χ1) is 17.7.